The summed E-state index contributed by atoms with van der Waals surface area (Å²) >= 11 is 0. The van der Waals surface area contributed by atoms with Gasteiger partial charge in [-0.25, -0.2) is 8.42 Å². The lowest BCUT2D eigenvalue weighted by Crippen LogP contribution is -2.45. The molecule has 2 heterocycles. The number of benzene rings is 1. The van der Waals surface area contributed by atoms with Crippen LogP contribution in [0.2, 0.25) is 0 Å². The lowest BCUT2D eigenvalue weighted by molar-refractivity contribution is 0.0646. The van der Waals surface area contributed by atoms with Gasteiger partial charge in [0.15, 0.2) is 0 Å². The maximum absolute atomic E-state index is 13.0. The van der Waals surface area contributed by atoms with E-state index >= 15 is 0 Å². The molecular weight excluding hydrogens is 362 g/mol. The standard InChI is InChI=1S/C20H31N3O3S/c1-3-22-14-10-18(11-15-22)21(2)20(24)17-8-7-9-19(16-17)27(25,26)23-12-5-4-6-13-23/h7-9,16,18H,3-6,10-15H2,1-2H3. The fraction of sp³-hybridized carbons (Fsp3) is 0.650. The third-order valence-corrected chi connectivity index (χ3v) is 7.80. The molecule has 1 aromatic rings. The van der Waals surface area contributed by atoms with Crippen LogP contribution in [0.25, 0.3) is 0 Å². The molecule has 1 aromatic carbocycles. The summed E-state index contributed by atoms with van der Waals surface area (Å²) in [7, 11) is -1.69. The lowest BCUT2D eigenvalue weighted by Gasteiger charge is -2.36. The van der Waals surface area contributed by atoms with Gasteiger partial charge in [-0.05, 0) is 50.4 Å². The molecule has 0 radical (unpaired) electrons. The second-order valence-corrected chi connectivity index (χ2v) is 9.51. The van der Waals surface area contributed by atoms with E-state index < -0.39 is 10.0 Å². The van der Waals surface area contributed by atoms with Crippen molar-refractivity contribution in [3.8, 4) is 0 Å². The maximum Gasteiger partial charge on any atom is 0.253 e. The Kier molecular flexibility index (Phi) is 6.55. The summed E-state index contributed by atoms with van der Waals surface area (Å²) in [6.45, 7) is 6.33. The van der Waals surface area contributed by atoms with Crippen LogP contribution in [0.15, 0.2) is 29.2 Å². The smallest absolute Gasteiger partial charge is 0.253 e. The number of amides is 1. The Morgan fingerprint density at radius 1 is 1.11 bits per heavy atom. The zero-order chi connectivity index (χ0) is 19.4. The molecule has 0 atom stereocenters. The first kappa shape index (κ1) is 20.3. The Morgan fingerprint density at radius 3 is 2.41 bits per heavy atom. The van der Waals surface area contributed by atoms with Crippen molar-refractivity contribution in [3.05, 3.63) is 29.8 Å². The monoisotopic (exact) mass is 393 g/mol. The quantitative estimate of drug-likeness (QED) is 0.771. The SMILES string of the molecule is CCN1CCC(N(C)C(=O)c2cccc(S(=O)(=O)N3CCCCC3)c2)CC1. The van der Waals surface area contributed by atoms with E-state index in [1.807, 2.05) is 7.05 Å². The molecule has 0 unspecified atom stereocenters. The molecule has 2 fully saturated rings. The Labute approximate surface area is 163 Å². The van der Waals surface area contributed by atoms with E-state index in [4.69, 9.17) is 0 Å². The molecule has 0 aromatic heterocycles. The molecule has 6 nitrogen and oxygen atoms in total. The number of likely N-dealkylation sites (tertiary alicyclic amines) is 1. The second-order valence-electron chi connectivity index (χ2n) is 7.57. The predicted octanol–water partition coefficient (Wildman–Crippen LogP) is 2.42. The normalized spacial score (nSPS) is 20.5. The van der Waals surface area contributed by atoms with E-state index in [0.717, 1.165) is 51.7 Å². The van der Waals surface area contributed by atoms with Crippen LogP contribution in [-0.4, -0.2) is 74.2 Å². The summed E-state index contributed by atoms with van der Waals surface area (Å²) in [4.78, 5) is 17.4. The van der Waals surface area contributed by atoms with Crippen molar-refractivity contribution in [2.45, 2.75) is 50.0 Å². The van der Waals surface area contributed by atoms with Crippen LogP contribution in [0.1, 0.15) is 49.4 Å². The molecule has 150 valence electrons. The van der Waals surface area contributed by atoms with Gasteiger partial charge in [-0.1, -0.05) is 19.4 Å². The number of carbonyl (C=O) groups is 1. The highest BCUT2D eigenvalue weighted by molar-refractivity contribution is 7.89. The number of carbonyl (C=O) groups excluding carboxylic acids is 1. The first-order chi connectivity index (χ1) is 12.9. The van der Waals surface area contributed by atoms with Gasteiger partial charge in [0.1, 0.15) is 0 Å². The minimum atomic E-state index is -3.52. The van der Waals surface area contributed by atoms with Crippen molar-refractivity contribution in [3.63, 3.8) is 0 Å². The van der Waals surface area contributed by atoms with Gasteiger partial charge < -0.3 is 9.80 Å². The minimum absolute atomic E-state index is 0.0966. The summed E-state index contributed by atoms with van der Waals surface area (Å²) in [5, 5.41) is 0. The van der Waals surface area contributed by atoms with Gasteiger partial charge in [0, 0.05) is 44.8 Å². The number of sulfonamides is 1. The van der Waals surface area contributed by atoms with Gasteiger partial charge in [0.05, 0.1) is 4.90 Å². The van der Waals surface area contributed by atoms with E-state index in [2.05, 4.69) is 11.8 Å². The molecule has 2 aliphatic heterocycles. The first-order valence-corrected chi connectivity index (χ1v) is 11.5. The van der Waals surface area contributed by atoms with Crippen LogP contribution in [0, 0.1) is 0 Å². The zero-order valence-corrected chi connectivity index (χ0v) is 17.2. The number of piperidine rings is 2. The summed E-state index contributed by atoms with van der Waals surface area (Å²) in [6.07, 6.45) is 4.80. The van der Waals surface area contributed by atoms with Crippen molar-refractivity contribution in [1.29, 1.82) is 0 Å². The van der Waals surface area contributed by atoms with Gasteiger partial charge in [-0.2, -0.15) is 4.31 Å². The highest BCUT2D eigenvalue weighted by atomic mass is 32.2. The van der Waals surface area contributed by atoms with E-state index in [1.165, 1.54) is 0 Å². The third kappa shape index (κ3) is 4.52. The molecule has 2 saturated heterocycles. The van der Waals surface area contributed by atoms with E-state index in [1.54, 1.807) is 33.5 Å². The van der Waals surface area contributed by atoms with Gasteiger partial charge in [0.2, 0.25) is 10.0 Å². The summed E-state index contributed by atoms with van der Waals surface area (Å²) < 4.78 is 27.3. The Bertz CT molecular complexity index is 751. The van der Waals surface area contributed by atoms with Crippen LogP contribution < -0.4 is 0 Å². The fourth-order valence-corrected chi connectivity index (χ4v) is 5.60. The molecule has 0 spiro atoms. The van der Waals surface area contributed by atoms with E-state index in [0.29, 0.717) is 18.7 Å². The van der Waals surface area contributed by atoms with E-state index in [-0.39, 0.29) is 16.8 Å². The summed E-state index contributed by atoms with van der Waals surface area (Å²) in [5.41, 5.74) is 0.452. The van der Waals surface area contributed by atoms with Gasteiger partial charge in [-0.15, -0.1) is 0 Å². The average molecular weight is 394 g/mol. The van der Waals surface area contributed by atoms with E-state index in [9.17, 15) is 13.2 Å². The Balaban J connectivity index is 1.73. The number of hydrogen-bond donors (Lipinski definition) is 0. The third-order valence-electron chi connectivity index (χ3n) is 5.91. The number of hydrogen-bond acceptors (Lipinski definition) is 4. The summed E-state index contributed by atoms with van der Waals surface area (Å²) in [6, 6.07) is 6.75. The topological polar surface area (TPSA) is 60.9 Å². The van der Waals surface area contributed by atoms with Crippen molar-refractivity contribution in [1.82, 2.24) is 14.1 Å². The molecule has 0 aliphatic carbocycles. The largest absolute Gasteiger partial charge is 0.339 e. The molecule has 0 bridgehead atoms. The van der Waals surface area contributed by atoms with Crippen LogP contribution >= 0.6 is 0 Å². The fourth-order valence-electron chi connectivity index (χ4n) is 4.04. The van der Waals surface area contributed by atoms with Gasteiger partial charge in [0.25, 0.3) is 5.91 Å². The number of nitrogens with zero attached hydrogens (tertiary/aromatic N) is 3. The highest BCUT2D eigenvalue weighted by Crippen LogP contribution is 2.23. The Morgan fingerprint density at radius 2 is 1.78 bits per heavy atom. The molecule has 2 aliphatic rings. The lowest BCUT2D eigenvalue weighted by atomic mass is 10.0. The minimum Gasteiger partial charge on any atom is -0.339 e. The summed E-state index contributed by atoms with van der Waals surface area (Å²) in [5.74, 6) is -0.0966. The predicted molar refractivity (Wildman–Crippen MR) is 106 cm³/mol. The van der Waals surface area contributed by atoms with Gasteiger partial charge >= 0.3 is 0 Å². The average Bonchev–Trinajstić information content (AvgIpc) is 2.73. The zero-order valence-electron chi connectivity index (χ0n) is 16.4. The molecule has 1 amide bonds. The maximum atomic E-state index is 13.0. The van der Waals surface area contributed by atoms with Crippen LogP contribution in [0.5, 0.6) is 0 Å². The molecule has 0 saturated carbocycles. The second kappa shape index (κ2) is 8.71. The van der Waals surface area contributed by atoms with Crippen LogP contribution in [0.4, 0.5) is 0 Å². The first-order valence-electron chi connectivity index (χ1n) is 10.0. The van der Waals surface area contributed by atoms with Crippen LogP contribution in [0.3, 0.4) is 0 Å². The van der Waals surface area contributed by atoms with Crippen molar-refractivity contribution < 1.29 is 13.2 Å². The van der Waals surface area contributed by atoms with Gasteiger partial charge in [-0.3, -0.25) is 4.79 Å². The van der Waals surface area contributed by atoms with Crippen LogP contribution in [-0.2, 0) is 10.0 Å². The van der Waals surface area contributed by atoms with Crippen molar-refractivity contribution in [2.75, 3.05) is 39.8 Å². The van der Waals surface area contributed by atoms with Crippen molar-refractivity contribution >= 4 is 15.9 Å². The molecule has 7 heteroatoms. The Hall–Kier alpha value is -1.44. The molecule has 3 rings (SSSR count). The molecule has 0 N–H and O–H groups in total. The molecular formula is C20H31N3O3S. The highest BCUT2D eigenvalue weighted by Gasteiger charge is 2.28. The number of rotatable bonds is 5. The van der Waals surface area contributed by atoms with Crippen molar-refractivity contribution in [2.24, 2.45) is 0 Å². The molecule has 27 heavy (non-hydrogen) atoms.